The van der Waals surface area contributed by atoms with Crippen LogP contribution in [0.25, 0.3) is 0 Å². The Morgan fingerprint density at radius 3 is 2.71 bits per heavy atom. The molecule has 0 aromatic heterocycles. The van der Waals surface area contributed by atoms with E-state index in [-0.39, 0.29) is 5.91 Å². The van der Waals surface area contributed by atoms with Gasteiger partial charge < -0.3 is 16.2 Å². The first kappa shape index (κ1) is 15.7. The van der Waals surface area contributed by atoms with E-state index in [0.29, 0.717) is 17.3 Å². The van der Waals surface area contributed by atoms with Crippen LogP contribution in [-0.4, -0.2) is 36.0 Å². The van der Waals surface area contributed by atoms with Gasteiger partial charge in [0.15, 0.2) is 0 Å². The number of carbonyl (C=O) groups excluding carboxylic acids is 1. The standard InChI is InChI=1S/C15H21N3O2S/c1-15(14(17)19)5-6-18(9-15)8-10-3-4-12(20-2)11(7-10)13(16)21/h3-4,7H,5-6,8-9H2,1-2H3,(H2,16,21)(H2,17,19). The molecule has 4 N–H and O–H groups in total. The molecule has 0 aliphatic carbocycles. The molecule has 0 radical (unpaired) electrons. The first-order valence-electron chi connectivity index (χ1n) is 6.85. The van der Waals surface area contributed by atoms with E-state index in [2.05, 4.69) is 4.90 Å². The van der Waals surface area contributed by atoms with E-state index in [1.54, 1.807) is 7.11 Å². The maximum Gasteiger partial charge on any atom is 0.224 e. The molecular formula is C15H21N3O2S. The molecule has 1 aliphatic rings. The summed E-state index contributed by atoms with van der Waals surface area (Å²) in [5.74, 6) is 0.443. The summed E-state index contributed by atoms with van der Waals surface area (Å²) >= 11 is 5.05. The predicted molar refractivity (Wildman–Crippen MR) is 86.1 cm³/mol. The average molecular weight is 307 g/mol. The second-order valence-electron chi connectivity index (χ2n) is 5.78. The average Bonchev–Trinajstić information content (AvgIpc) is 2.81. The van der Waals surface area contributed by atoms with E-state index >= 15 is 0 Å². The van der Waals surface area contributed by atoms with Gasteiger partial charge >= 0.3 is 0 Å². The van der Waals surface area contributed by atoms with Crippen LogP contribution in [-0.2, 0) is 11.3 Å². The topological polar surface area (TPSA) is 81.6 Å². The fourth-order valence-electron chi connectivity index (χ4n) is 2.70. The van der Waals surface area contributed by atoms with Crippen LogP contribution in [0.4, 0.5) is 0 Å². The number of carbonyl (C=O) groups is 1. The van der Waals surface area contributed by atoms with Gasteiger partial charge in [0.25, 0.3) is 0 Å². The number of nitrogens with two attached hydrogens (primary N) is 2. The lowest BCUT2D eigenvalue weighted by molar-refractivity contribution is -0.126. The number of benzene rings is 1. The van der Waals surface area contributed by atoms with Crippen LogP contribution in [0.2, 0.25) is 0 Å². The minimum atomic E-state index is -0.432. The van der Waals surface area contributed by atoms with E-state index < -0.39 is 5.41 Å². The second-order valence-corrected chi connectivity index (χ2v) is 6.22. The molecule has 0 bridgehead atoms. The summed E-state index contributed by atoms with van der Waals surface area (Å²) in [7, 11) is 1.59. The Morgan fingerprint density at radius 1 is 1.48 bits per heavy atom. The van der Waals surface area contributed by atoms with Crippen LogP contribution in [0.5, 0.6) is 5.75 Å². The molecule has 1 aromatic rings. The van der Waals surface area contributed by atoms with Crippen molar-refractivity contribution in [2.75, 3.05) is 20.2 Å². The molecule has 21 heavy (non-hydrogen) atoms. The Hall–Kier alpha value is -1.66. The molecule has 1 saturated heterocycles. The smallest absolute Gasteiger partial charge is 0.224 e. The lowest BCUT2D eigenvalue weighted by Gasteiger charge is -2.21. The highest BCUT2D eigenvalue weighted by atomic mass is 32.1. The highest BCUT2D eigenvalue weighted by Gasteiger charge is 2.38. The monoisotopic (exact) mass is 307 g/mol. The molecular weight excluding hydrogens is 286 g/mol. The first-order chi connectivity index (χ1) is 9.85. The van der Waals surface area contributed by atoms with Crippen molar-refractivity contribution in [2.24, 2.45) is 16.9 Å². The number of likely N-dealkylation sites (tertiary alicyclic amines) is 1. The lowest BCUT2D eigenvalue weighted by Crippen LogP contribution is -2.36. The molecule has 2 rings (SSSR count). The van der Waals surface area contributed by atoms with Gasteiger partial charge in [-0.05, 0) is 37.6 Å². The zero-order chi connectivity index (χ0) is 15.6. The van der Waals surface area contributed by atoms with Gasteiger partial charge in [0.1, 0.15) is 10.7 Å². The third-order valence-corrected chi connectivity index (χ3v) is 4.30. The number of amides is 1. The molecule has 1 aromatic carbocycles. The van der Waals surface area contributed by atoms with E-state index in [1.807, 2.05) is 25.1 Å². The van der Waals surface area contributed by atoms with E-state index in [0.717, 1.165) is 30.6 Å². The number of hydrogen-bond acceptors (Lipinski definition) is 4. The van der Waals surface area contributed by atoms with Crippen LogP contribution in [0.3, 0.4) is 0 Å². The summed E-state index contributed by atoms with van der Waals surface area (Å²) in [6.07, 6.45) is 0.792. The van der Waals surface area contributed by atoms with Crippen LogP contribution >= 0.6 is 12.2 Å². The summed E-state index contributed by atoms with van der Waals surface area (Å²) in [6, 6.07) is 5.80. The van der Waals surface area contributed by atoms with Crippen molar-refractivity contribution < 1.29 is 9.53 Å². The fraction of sp³-hybridized carbons (Fsp3) is 0.467. The summed E-state index contributed by atoms with van der Waals surface area (Å²) in [4.78, 5) is 14.0. The Labute approximate surface area is 130 Å². The number of hydrogen-bond donors (Lipinski definition) is 2. The number of primary amides is 1. The molecule has 1 aliphatic heterocycles. The third-order valence-electron chi connectivity index (χ3n) is 4.08. The molecule has 1 heterocycles. The van der Waals surface area contributed by atoms with Gasteiger partial charge in [-0.25, -0.2) is 0 Å². The maximum atomic E-state index is 11.5. The number of thiocarbonyl (C=S) groups is 1. The van der Waals surface area contributed by atoms with Gasteiger partial charge in [-0.15, -0.1) is 0 Å². The summed E-state index contributed by atoms with van der Waals surface area (Å²) < 4.78 is 5.25. The SMILES string of the molecule is COc1ccc(CN2CCC(C)(C(N)=O)C2)cc1C(N)=S. The van der Waals surface area contributed by atoms with Gasteiger partial charge in [-0.1, -0.05) is 18.3 Å². The summed E-state index contributed by atoms with van der Waals surface area (Å²) in [5, 5.41) is 0. The van der Waals surface area contributed by atoms with Crippen molar-refractivity contribution in [3.05, 3.63) is 29.3 Å². The van der Waals surface area contributed by atoms with Crippen LogP contribution < -0.4 is 16.2 Å². The first-order valence-corrected chi connectivity index (χ1v) is 7.25. The molecule has 0 spiro atoms. The Bertz CT molecular complexity index is 576. The van der Waals surface area contributed by atoms with E-state index in [1.165, 1.54) is 0 Å². The van der Waals surface area contributed by atoms with Crippen molar-refractivity contribution in [2.45, 2.75) is 19.9 Å². The molecule has 1 unspecified atom stereocenters. The zero-order valence-electron chi connectivity index (χ0n) is 12.4. The van der Waals surface area contributed by atoms with Crippen molar-refractivity contribution >= 4 is 23.1 Å². The largest absolute Gasteiger partial charge is 0.496 e. The molecule has 114 valence electrons. The molecule has 1 atom stereocenters. The third kappa shape index (κ3) is 3.33. The lowest BCUT2D eigenvalue weighted by atomic mass is 9.89. The number of ether oxygens (including phenoxy) is 1. The van der Waals surface area contributed by atoms with Crippen molar-refractivity contribution in [3.63, 3.8) is 0 Å². The van der Waals surface area contributed by atoms with Gasteiger partial charge in [0.05, 0.1) is 18.1 Å². The van der Waals surface area contributed by atoms with Gasteiger partial charge in [-0.3, -0.25) is 9.69 Å². The van der Waals surface area contributed by atoms with Gasteiger partial charge in [0.2, 0.25) is 5.91 Å². The summed E-state index contributed by atoms with van der Waals surface area (Å²) in [5.41, 5.74) is 12.6. The summed E-state index contributed by atoms with van der Waals surface area (Å²) in [6.45, 7) is 4.19. The fourth-order valence-corrected chi connectivity index (χ4v) is 2.86. The number of rotatable bonds is 5. The Morgan fingerprint density at radius 2 is 2.19 bits per heavy atom. The Kier molecular flexibility index (Phi) is 4.49. The van der Waals surface area contributed by atoms with Crippen LogP contribution in [0.1, 0.15) is 24.5 Å². The zero-order valence-corrected chi connectivity index (χ0v) is 13.2. The molecule has 0 saturated carbocycles. The van der Waals surface area contributed by atoms with E-state index in [4.69, 9.17) is 28.4 Å². The number of nitrogens with zero attached hydrogens (tertiary/aromatic N) is 1. The minimum Gasteiger partial charge on any atom is -0.496 e. The normalized spacial score (nSPS) is 22.2. The van der Waals surface area contributed by atoms with Crippen molar-refractivity contribution in [1.29, 1.82) is 0 Å². The van der Waals surface area contributed by atoms with Gasteiger partial charge in [0, 0.05) is 13.1 Å². The molecule has 1 amide bonds. The highest BCUT2D eigenvalue weighted by molar-refractivity contribution is 7.80. The molecule has 1 fully saturated rings. The van der Waals surface area contributed by atoms with Crippen LogP contribution in [0, 0.1) is 5.41 Å². The van der Waals surface area contributed by atoms with Gasteiger partial charge in [-0.2, -0.15) is 0 Å². The van der Waals surface area contributed by atoms with E-state index in [9.17, 15) is 4.79 Å². The molecule has 6 heteroatoms. The number of methoxy groups -OCH3 is 1. The Balaban J connectivity index is 2.13. The van der Waals surface area contributed by atoms with Crippen molar-refractivity contribution in [1.82, 2.24) is 4.90 Å². The van der Waals surface area contributed by atoms with Crippen molar-refractivity contribution in [3.8, 4) is 5.75 Å². The maximum absolute atomic E-state index is 11.5. The minimum absolute atomic E-state index is 0.233. The van der Waals surface area contributed by atoms with Crippen LogP contribution in [0.15, 0.2) is 18.2 Å². The quantitative estimate of drug-likeness (QED) is 0.794. The predicted octanol–water partition coefficient (Wildman–Crippen LogP) is 1.03. The second kappa shape index (κ2) is 5.99. The molecule has 5 nitrogen and oxygen atoms in total. The highest BCUT2D eigenvalue weighted by Crippen LogP contribution is 2.31.